The van der Waals surface area contributed by atoms with Gasteiger partial charge in [0.2, 0.25) is 0 Å². The molecule has 0 radical (unpaired) electrons. The van der Waals surface area contributed by atoms with E-state index in [9.17, 15) is 4.79 Å². The number of hydrogen-bond acceptors (Lipinski definition) is 4. The average Bonchev–Trinajstić information content (AvgIpc) is 3.12. The van der Waals surface area contributed by atoms with Crippen molar-refractivity contribution in [3.63, 3.8) is 0 Å². The van der Waals surface area contributed by atoms with Gasteiger partial charge in [0.15, 0.2) is 5.69 Å². The molecule has 1 saturated carbocycles. The minimum absolute atomic E-state index is 0.117. The Bertz CT molecular complexity index is 732. The maximum Gasteiger partial charge on any atom is 0.273 e. The molecule has 0 spiro atoms. The highest BCUT2D eigenvalue weighted by atomic mass is 79.9. The van der Waals surface area contributed by atoms with Crippen molar-refractivity contribution in [3.05, 3.63) is 40.1 Å². The van der Waals surface area contributed by atoms with Crippen molar-refractivity contribution >= 4 is 21.8 Å². The second-order valence-electron chi connectivity index (χ2n) is 6.49. The van der Waals surface area contributed by atoms with E-state index in [1.807, 2.05) is 28.9 Å². The van der Waals surface area contributed by atoms with Crippen molar-refractivity contribution in [1.82, 2.24) is 25.6 Å². The van der Waals surface area contributed by atoms with Gasteiger partial charge >= 0.3 is 0 Å². The second kappa shape index (κ2) is 6.64. The zero-order chi connectivity index (χ0) is 16.5. The van der Waals surface area contributed by atoms with Crippen LogP contribution < -0.4 is 10.6 Å². The fourth-order valence-electron chi connectivity index (χ4n) is 3.18. The molecule has 4 rings (SSSR count). The number of amides is 1. The van der Waals surface area contributed by atoms with Gasteiger partial charge in [-0.05, 0) is 56.5 Å². The number of halogens is 1. The van der Waals surface area contributed by atoms with Crippen molar-refractivity contribution < 1.29 is 4.79 Å². The Balaban J connectivity index is 1.56. The molecule has 1 unspecified atom stereocenters. The van der Waals surface area contributed by atoms with E-state index in [1.165, 1.54) is 6.42 Å². The van der Waals surface area contributed by atoms with Crippen molar-refractivity contribution in [3.8, 4) is 5.69 Å². The Kier molecular flexibility index (Phi) is 4.37. The van der Waals surface area contributed by atoms with Crippen LogP contribution in [0.25, 0.3) is 5.69 Å². The zero-order valence-corrected chi connectivity index (χ0v) is 14.9. The first-order chi connectivity index (χ1) is 11.7. The maximum atomic E-state index is 12.6. The van der Waals surface area contributed by atoms with E-state index in [4.69, 9.17) is 0 Å². The third-order valence-corrected chi connectivity index (χ3v) is 5.16. The number of hydrogen-bond donors (Lipinski definition) is 2. The van der Waals surface area contributed by atoms with Crippen LogP contribution in [0.15, 0.2) is 28.7 Å². The summed E-state index contributed by atoms with van der Waals surface area (Å²) in [4.78, 5) is 12.6. The van der Waals surface area contributed by atoms with Gasteiger partial charge in [-0.1, -0.05) is 21.1 Å². The summed E-state index contributed by atoms with van der Waals surface area (Å²) in [6, 6.07) is 8.28. The average molecular weight is 390 g/mol. The van der Waals surface area contributed by atoms with Gasteiger partial charge in [-0.2, -0.15) is 0 Å². The van der Waals surface area contributed by atoms with Crippen LogP contribution in [0.3, 0.4) is 0 Å². The molecule has 2 fully saturated rings. The SMILES string of the molecule is O=C(NCC1CCCN1)c1nnn(-c2ccc(Br)cc2)c1C1CC1. The minimum atomic E-state index is -0.117. The summed E-state index contributed by atoms with van der Waals surface area (Å²) in [6.45, 7) is 1.68. The van der Waals surface area contributed by atoms with Crippen LogP contribution in [0.1, 0.15) is 47.8 Å². The van der Waals surface area contributed by atoms with Gasteiger partial charge in [-0.15, -0.1) is 5.10 Å². The van der Waals surface area contributed by atoms with Crippen LogP contribution in [-0.4, -0.2) is 40.0 Å². The minimum Gasteiger partial charge on any atom is -0.349 e. The number of carbonyl (C=O) groups is 1. The summed E-state index contributed by atoms with van der Waals surface area (Å²) >= 11 is 3.44. The van der Waals surface area contributed by atoms with Gasteiger partial charge < -0.3 is 10.6 Å². The van der Waals surface area contributed by atoms with Crippen LogP contribution in [-0.2, 0) is 0 Å². The molecule has 7 heteroatoms. The largest absolute Gasteiger partial charge is 0.349 e. The summed E-state index contributed by atoms with van der Waals surface area (Å²) in [5.41, 5.74) is 2.34. The molecule has 6 nitrogen and oxygen atoms in total. The normalized spacial score (nSPS) is 20.3. The monoisotopic (exact) mass is 389 g/mol. The fourth-order valence-corrected chi connectivity index (χ4v) is 3.44. The van der Waals surface area contributed by atoms with Crippen LogP contribution in [0.5, 0.6) is 0 Å². The Hall–Kier alpha value is -1.73. The molecular formula is C17H20BrN5O. The van der Waals surface area contributed by atoms with E-state index in [-0.39, 0.29) is 5.91 Å². The van der Waals surface area contributed by atoms with E-state index in [0.717, 1.165) is 41.7 Å². The summed E-state index contributed by atoms with van der Waals surface area (Å²) in [5, 5.41) is 14.8. The predicted molar refractivity (Wildman–Crippen MR) is 94.4 cm³/mol. The third kappa shape index (κ3) is 3.23. The highest BCUT2D eigenvalue weighted by Crippen LogP contribution is 2.42. The molecule has 0 bridgehead atoms. The number of nitrogens with zero attached hydrogens (tertiary/aromatic N) is 3. The molecule has 2 aromatic rings. The molecule has 1 saturated heterocycles. The van der Waals surface area contributed by atoms with E-state index < -0.39 is 0 Å². The predicted octanol–water partition coefficient (Wildman–Crippen LogP) is 2.39. The quantitative estimate of drug-likeness (QED) is 0.823. The molecular weight excluding hydrogens is 370 g/mol. The lowest BCUT2D eigenvalue weighted by Gasteiger charge is -2.11. The van der Waals surface area contributed by atoms with E-state index in [2.05, 4.69) is 36.9 Å². The molecule has 1 aliphatic heterocycles. The smallest absolute Gasteiger partial charge is 0.273 e. The topological polar surface area (TPSA) is 71.8 Å². The first-order valence-electron chi connectivity index (χ1n) is 8.45. The van der Waals surface area contributed by atoms with Crippen molar-refractivity contribution in [2.24, 2.45) is 0 Å². The van der Waals surface area contributed by atoms with Crippen LogP contribution >= 0.6 is 15.9 Å². The Morgan fingerprint density at radius 3 is 2.75 bits per heavy atom. The number of benzene rings is 1. The van der Waals surface area contributed by atoms with Crippen molar-refractivity contribution in [1.29, 1.82) is 0 Å². The van der Waals surface area contributed by atoms with Crippen molar-refractivity contribution in [2.75, 3.05) is 13.1 Å². The first-order valence-corrected chi connectivity index (χ1v) is 9.25. The van der Waals surface area contributed by atoms with Crippen LogP contribution in [0.2, 0.25) is 0 Å². The van der Waals surface area contributed by atoms with Gasteiger partial charge in [0.25, 0.3) is 5.91 Å². The van der Waals surface area contributed by atoms with Gasteiger partial charge in [-0.3, -0.25) is 4.79 Å². The number of nitrogens with one attached hydrogen (secondary N) is 2. The highest BCUT2D eigenvalue weighted by molar-refractivity contribution is 9.10. The Labute approximate surface area is 149 Å². The Morgan fingerprint density at radius 2 is 2.08 bits per heavy atom. The summed E-state index contributed by atoms with van der Waals surface area (Å²) in [6.07, 6.45) is 4.47. The van der Waals surface area contributed by atoms with E-state index >= 15 is 0 Å². The van der Waals surface area contributed by atoms with Gasteiger partial charge in [0.1, 0.15) is 0 Å². The molecule has 1 aromatic carbocycles. The molecule has 126 valence electrons. The number of carbonyl (C=O) groups excluding carboxylic acids is 1. The zero-order valence-electron chi connectivity index (χ0n) is 13.3. The second-order valence-corrected chi connectivity index (χ2v) is 7.40. The summed E-state index contributed by atoms with van der Waals surface area (Å²) in [7, 11) is 0. The van der Waals surface area contributed by atoms with E-state index in [1.54, 1.807) is 0 Å². The first kappa shape index (κ1) is 15.8. The van der Waals surface area contributed by atoms with E-state index in [0.29, 0.717) is 24.2 Å². The number of aromatic nitrogens is 3. The van der Waals surface area contributed by atoms with Gasteiger partial charge in [-0.25, -0.2) is 4.68 Å². The standard InChI is InChI=1S/C17H20BrN5O/c18-12-5-7-14(8-6-12)23-16(11-3-4-11)15(21-22-23)17(24)20-10-13-2-1-9-19-13/h5-8,11,13,19H,1-4,9-10H2,(H,20,24). The lowest BCUT2D eigenvalue weighted by atomic mass is 10.2. The summed E-state index contributed by atoms with van der Waals surface area (Å²) in [5.74, 6) is 0.267. The van der Waals surface area contributed by atoms with Gasteiger partial charge in [0, 0.05) is 23.0 Å². The molecule has 2 aliphatic rings. The number of rotatable bonds is 5. The molecule has 1 atom stereocenters. The molecule has 24 heavy (non-hydrogen) atoms. The third-order valence-electron chi connectivity index (χ3n) is 4.63. The molecule has 2 heterocycles. The molecule has 2 N–H and O–H groups in total. The lowest BCUT2D eigenvalue weighted by molar-refractivity contribution is 0.0944. The molecule has 1 amide bonds. The highest BCUT2D eigenvalue weighted by Gasteiger charge is 2.34. The van der Waals surface area contributed by atoms with Crippen molar-refractivity contribution in [2.45, 2.75) is 37.6 Å². The van der Waals surface area contributed by atoms with Crippen LogP contribution in [0.4, 0.5) is 0 Å². The van der Waals surface area contributed by atoms with Gasteiger partial charge in [0.05, 0.1) is 11.4 Å². The van der Waals surface area contributed by atoms with Crippen LogP contribution in [0, 0.1) is 0 Å². The Morgan fingerprint density at radius 1 is 1.29 bits per heavy atom. The molecule has 1 aromatic heterocycles. The lowest BCUT2D eigenvalue weighted by Crippen LogP contribution is -2.37. The maximum absolute atomic E-state index is 12.6. The fraction of sp³-hybridized carbons (Fsp3) is 0.471. The summed E-state index contributed by atoms with van der Waals surface area (Å²) < 4.78 is 2.83. The molecule has 1 aliphatic carbocycles.